The van der Waals surface area contributed by atoms with Crippen LogP contribution in [-0.2, 0) is 0 Å². The summed E-state index contributed by atoms with van der Waals surface area (Å²) < 4.78 is 4.20. The summed E-state index contributed by atoms with van der Waals surface area (Å²) in [5.41, 5.74) is 7.27. The zero-order valence-electron chi connectivity index (χ0n) is 6.65. The molecule has 0 aliphatic carbocycles. The Morgan fingerprint density at radius 2 is 2.38 bits per heavy atom. The van der Waals surface area contributed by atoms with Crippen LogP contribution in [-0.4, -0.2) is 9.49 Å². The highest BCUT2D eigenvalue weighted by Crippen LogP contribution is 2.23. The van der Waals surface area contributed by atoms with Crippen LogP contribution in [0.4, 0.5) is 5.69 Å². The summed E-state index contributed by atoms with van der Waals surface area (Å²) >= 11 is 6.18. The monoisotopic (exact) mass is 209 g/mol. The van der Waals surface area contributed by atoms with E-state index in [0.717, 1.165) is 16.6 Å². The molecule has 1 heterocycles. The van der Waals surface area contributed by atoms with Gasteiger partial charge in [0.05, 0.1) is 11.2 Å². The zero-order valence-corrected chi connectivity index (χ0v) is 8.28. The number of thiocarbonyl (C=S) groups is 1. The molecule has 66 valence electrons. The molecule has 0 aliphatic rings. The lowest BCUT2D eigenvalue weighted by Crippen LogP contribution is -2.18. The van der Waals surface area contributed by atoms with E-state index in [-0.39, 0.29) is 5.11 Å². The van der Waals surface area contributed by atoms with Crippen LogP contribution >= 0.6 is 23.8 Å². The number of anilines is 1. The van der Waals surface area contributed by atoms with Gasteiger partial charge in [-0.1, -0.05) is 6.07 Å². The summed E-state index contributed by atoms with van der Waals surface area (Å²) in [7, 11) is 0. The van der Waals surface area contributed by atoms with Crippen molar-refractivity contribution in [2.45, 2.75) is 0 Å². The van der Waals surface area contributed by atoms with Crippen molar-refractivity contribution in [1.29, 1.82) is 0 Å². The quantitative estimate of drug-likeness (QED) is 0.705. The summed E-state index contributed by atoms with van der Waals surface area (Å²) in [5, 5.41) is 6.21. The highest BCUT2D eigenvalue weighted by molar-refractivity contribution is 7.80. The number of rotatable bonds is 1. The Morgan fingerprint density at radius 1 is 1.54 bits per heavy atom. The number of benzene rings is 1. The summed E-state index contributed by atoms with van der Waals surface area (Å²) in [5.74, 6) is 0. The molecule has 3 nitrogen and oxygen atoms in total. The van der Waals surface area contributed by atoms with E-state index in [1.807, 2.05) is 23.6 Å². The number of nitrogens with zero attached hydrogens (tertiary/aromatic N) is 1. The second-order valence-corrected chi connectivity index (χ2v) is 3.61. The fraction of sp³-hybridized carbons (Fsp3) is 0. The molecule has 2 rings (SSSR count). The van der Waals surface area contributed by atoms with E-state index in [1.54, 1.807) is 0 Å². The van der Waals surface area contributed by atoms with Gasteiger partial charge in [0, 0.05) is 10.8 Å². The summed E-state index contributed by atoms with van der Waals surface area (Å²) in [4.78, 5) is 0. The average molecular weight is 209 g/mol. The van der Waals surface area contributed by atoms with Crippen LogP contribution in [0.2, 0.25) is 0 Å². The first-order chi connectivity index (χ1) is 6.27. The second kappa shape index (κ2) is 3.27. The van der Waals surface area contributed by atoms with Crippen LogP contribution in [0.25, 0.3) is 10.9 Å². The first-order valence-electron chi connectivity index (χ1n) is 3.67. The van der Waals surface area contributed by atoms with Gasteiger partial charge in [0.2, 0.25) is 0 Å². The van der Waals surface area contributed by atoms with Gasteiger partial charge in [0.1, 0.15) is 0 Å². The van der Waals surface area contributed by atoms with Gasteiger partial charge < -0.3 is 11.1 Å². The SMILES string of the molecule is NC(=S)Nc1cccc2nscc12. The highest BCUT2D eigenvalue weighted by Gasteiger charge is 2.02. The third-order valence-electron chi connectivity index (χ3n) is 1.66. The maximum Gasteiger partial charge on any atom is 0.168 e. The first-order valence-corrected chi connectivity index (χ1v) is 4.91. The third-order valence-corrected chi connectivity index (χ3v) is 2.41. The number of hydrogen-bond acceptors (Lipinski definition) is 3. The van der Waals surface area contributed by atoms with Gasteiger partial charge in [-0.2, -0.15) is 4.37 Å². The number of fused-ring (bicyclic) bond motifs is 1. The van der Waals surface area contributed by atoms with Gasteiger partial charge >= 0.3 is 0 Å². The Kier molecular flexibility index (Phi) is 2.12. The molecule has 13 heavy (non-hydrogen) atoms. The standard InChI is InChI=1S/C8H7N3S2/c9-8(12)10-6-2-1-3-7-5(6)4-13-11-7/h1-4H,(H3,9,10,12). The Bertz CT molecular complexity index is 449. The lowest BCUT2D eigenvalue weighted by atomic mass is 10.2. The fourth-order valence-corrected chi connectivity index (χ4v) is 1.92. The third kappa shape index (κ3) is 1.61. The molecule has 0 saturated carbocycles. The van der Waals surface area contributed by atoms with E-state index in [9.17, 15) is 0 Å². The van der Waals surface area contributed by atoms with Crippen molar-refractivity contribution >= 4 is 45.5 Å². The van der Waals surface area contributed by atoms with E-state index in [1.165, 1.54) is 11.5 Å². The predicted molar refractivity (Wildman–Crippen MR) is 60.0 cm³/mol. The summed E-state index contributed by atoms with van der Waals surface area (Å²) in [6, 6.07) is 5.80. The zero-order chi connectivity index (χ0) is 9.26. The molecule has 0 unspecified atom stereocenters. The molecule has 0 amide bonds. The minimum absolute atomic E-state index is 0.277. The lowest BCUT2D eigenvalue weighted by molar-refractivity contribution is 1.62. The van der Waals surface area contributed by atoms with Crippen LogP contribution in [0.15, 0.2) is 23.6 Å². The summed E-state index contributed by atoms with van der Waals surface area (Å²) in [6.07, 6.45) is 0. The van der Waals surface area contributed by atoms with Crippen molar-refractivity contribution in [1.82, 2.24) is 4.37 Å². The van der Waals surface area contributed by atoms with Crippen molar-refractivity contribution in [2.75, 3.05) is 5.32 Å². The van der Waals surface area contributed by atoms with Crippen molar-refractivity contribution < 1.29 is 0 Å². The molecule has 0 atom stereocenters. The number of hydrogen-bond donors (Lipinski definition) is 2. The predicted octanol–water partition coefficient (Wildman–Crippen LogP) is 1.95. The largest absolute Gasteiger partial charge is 0.376 e. The second-order valence-electron chi connectivity index (χ2n) is 2.54. The Hall–Kier alpha value is -1.20. The first kappa shape index (κ1) is 8.40. The molecule has 0 aliphatic heterocycles. The van der Waals surface area contributed by atoms with Gasteiger partial charge in [0.25, 0.3) is 0 Å². The number of aromatic nitrogens is 1. The van der Waals surface area contributed by atoms with E-state index in [2.05, 4.69) is 9.69 Å². The maximum absolute atomic E-state index is 5.39. The van der Waals surface area contributed by atoms with E-state index >= 15 is 0 Å². The maximum atomic E-state index is 5.39. The van der Waals surface area contributed by atoms with Crippen molar-refractivity contribution in [2.24, 2.45) is 5.73 Å². The molecular formula is C8H7N3S2. The highest BCUT2D eigenvalue weighted by atomic mass is 32.1. The molecule has 1 aromatic heterocycles. The topological polar surface area (TPSA) is 50.9 Å². The minimum atomic E-state index is 0.277. The van der Waals surface area contributed by atoms with Gasteiger partial charge in [-0.15, -0.1) is 0 Å². The molecule has 0 spiro atoms. The van der Waals surface area contributed by atoms with Crippen molar-refractivity contribution in [3.63, 3.8) is 0 Å². The summed E-state index contributed by atoms with van der Waals surface area (Å²) in [6.45, 7) is 0. The van der Waals surface area contributed by atoms with Crippen LogP contribution in [0.5, 0.6) is 0 Å². The number of nitrogens with one attached hydrogen (secondary N) is 1. The molecule has 1 aromatic carbocycles. The number of nitrogens with two attached hydrogens (primary N) is 1. The molecule has 0 bridgehead atoms. The molecule has 0 radical (unpaired) electrons. The molecule has 0 saturated heterocycles. The Labute approximate surface area is 84.7 Å². The van der Waals surface area contributed by atoms with Gasteiger partial charge in [-0.25, -0.2) is 0 Å². The smallest absolute Gasteiger partial charge is 0.168 e. The van der Waals surface area contributed by atoms with Crippen LogP contribution in [0, 0.1) is 0 Å². The van der Waals surface area contributed by atoms with E-state index < -0.39 is 0 Å². The average Bonchev–Trinajstić information content (AvgIpc) is 2.51. The van der Waals surface area contributed by atoms with E-state index in [0.29, 0.717) is 0 Å². The van der Waals surface area contributed by atoms with Crippen molar-refractivity contribution in [3.8, 4) is 0 Å². The molecule has 5 heteroatoms. The molecule has 0 fully saturated rings. The Morgan fingerprint density at radius 3 is 3.15 bits per heavy atom. The fourth-order valence-electron chi connectivity index (χ4n) is 1.13. The van der Waals surface area contributed by atoms with Crippen LogP contribution in [0.3, 0.4) is 0 Å². The minimum Gasteiger partial charge on any atom is -0.376 e. The molecule has 3 N–H and O–H groups in total. The van der Waals surface area contributed by atoms with Gasteiger partial charge in [-0.05, 0) is 35.9 Å². The van der Waals surface area contributed by atoms with Crippen LogP contribution in [0.1, 0.15) is 0 Å². The molecular weight excluding hydrogens is 202 g/mol. The normalized spacial score (nSPS) is 10.2. The van der Waals surface area contributed by atoms with Crippen molar-refractivity contribution in [3.05, 3.63) is 23.6 Å². The molecule has 2 aromatic rings. The Balaban J connectivity index is 2.54. The van der Waals surface area contributed by atoms with Gasteiger partial charge in [0.15, 0.2) is 5.11 Å². The van der Waals surface area contributed by atoms with Gasteiger partial charge in [-0.3, -0.25) is 0 Å². The van der Waals surface area contributed by atoms with E-state index in [4.69, 9.17) is 18.0 Å². The lowest BCUT2D eigenvalue weighted by Gasteiger charge is -2.03. The van der Waals surface area contributed by atoms with Crippen LogP contribution < -0.4 is 11.1 Å².